The standard InChI is InChI=1S/C15H20B/c1-5-6-9-14-10-7-8-11-15(14)16-13(4)12(2)3/h7-8,10-11H,2,4-6,9H2,1,3H3. The summed E-state index contributed by atoms with van der Waals surface area (Å²) < 4.78 is 0. The number of unbranched alkanes of at least 4 members (excludes halogenated alkanes) is 1. The first kappa shape index (κ1) is 12.8. The van der Waals surface area contributed by atoms with E-state index in [0.29, 0.717) is 0 Å². The van der Waals surface area contributed by atoms with Gasteiger partial charge in [-0.05, 0) is 19.8 Å². The topological polar surface area (TPSA) is 0 Å². The lowest BCUT2D eigenvalue weighted by Crippen LogP contribution is -2.21. The quantitative estimate of drug-likeness (QED) is 0.499. The monoisotopic (exact) mass is 211 g/mol. The van der Waals surface area contributed by atoms with Crippen molar-refractivity contribution in [3.05, 3.63) is 54.0 Å². The summed E-state index contributed by atoms with van der Waals surface area (Å²) in [6.07, 6.45) is 3.62. The van der Waals surface area contributed by atoms with E-state index in [1.807, 2.05) is 6.92 Å². The van der Waals surface area contributed by atoms with E-state index >= 15 is 0 Å². The molecule has 0 saturated carbocycles. The molecule has 0 amide bonds. The summed E-state index contributed by atoms with van der Waals surface area (Å²) in [5.74, 6) is 0. The number of rotatable bonds is 6. The van der Waals surface area contributed by atoms with Crippen molar-refractivity contribution in [3.8, 4) is 0 Å². The first-order valence-corrected chi connectivity index (χ1v) is 5.92. The third-order valence-electron chi connectivity index (χ3n) is 2.73. The molecule has 0 saturated heterocycles. The zero-order chi connectivity index (χ0) is 12.0. The van der Waals surface area contributed by atoms with Gasteiger partial charge in [-0.3, -0.25) is 0 Å². The van der Waals surface area contributed by atoms with E-state index in [2.05, 4.69) is 51.6 Å². The minimum Gasteiger partial charge on any atom is -0.105 e. The third kappa shape index (κ3) is 3.73. The van der Waals surface area contributed by atoms with Crippen LogP contribution < -0.4 is 5.46 Å². The van der Waals surface area contributed by atoms with Crippen molar-refractivity contribution in [3.63, 3.8) is 0 Å². The van der Waals surface area contributed by atoms with Crippen molar-refractivity contribution in [2.45, 2.75) is 33.1 Å². The molecule has 0 fully saturated rings. The highest BCUT2D eigenvalue weighted by atomic mass is 14.0. The molecule has 1 aromatic carbocycles. The van der Waals surface area contributed by atoms with Gasteiger partial charge in [0.05, 0.1) is 0 Å². The van der Waals surface area contributed by atoms with Crippen LogP contribution in [0.25, 0.3) is 0 Å². The number of hydrogen-bond donors (Lipinski definition) is 0. The molecule has 0 aliphatic carbocycles. The van der Waals surface area contributed by atoms with Gasteiger partial charge in [0.2, 0.25) is 0 Å². The summed E-state index contributed by atoms with van der Waals surface area (Å²) in [5.41, 5.74) is 4.74. The Morgan fingerprint density at radius 2 is 1.94 bits per heavy atom. The SMILES string of the molecule is C=C(C)C(=C)[B]c1ccccc1CCCC. The molecular weight excluding hydrogens is 191 g/mol. The van der Waals surface area contributed by atoms with E-state index in [9.17, 15) is 0 Å². The number of benzene rings is 1. The largest absolute Gasteiger partial charge is 0.191 e. The second-order valence-electron chi connectivity index (χ2n) is 4.25. The first-order chi connectivity index (χ1) is 7.65. The lowest BCUT2D eigenvalue weighted by atomic mass is 9.60. The van der Waals surface area contributed by atoms with Crippen LogP contribution in [0.4, 0.5) is 0 Å². The van der Waals surface area contributed by atoms with E-state index in [0.717, 1.165) is 17.5 Å². The van der Waals surface area contributed by atoms with Crippen LogP contribution in [0.1, 0.15) is 32.3 Å². The molecule has 83 valence electrons. The van der Waals surface area contributed by atoms with E-state index in [1.165, 1.54) is 23.9 Å². The van der Waals surface area contributed by atoms with Crippen molar-refractivity contribution in [1.29, 1.82) is 0 Å². The maximum Gasteiger partial charge on any atom is 0.191 e. The van der Waals surface area contributed by atoms with Crippen LogP contribution in [-0.4, -0.2) is 7.28 Å². The Kier molecular flexibility index (Phi) is 5.11. The molecule has 0 bridgehead atoms. The van der Waals surface area contributed by atoms with Gasteiger partial charge in [0.1, 0.15) is 0 Å². The van der Waals surface area contributed by atoms with Crippen LogP contribution in [-0.2, 0) is 6.42 Å². The Labute approximate surface area is 100 Å². The normalized spacial score (nSPS) is 9.88. The lowest BCUT2D eigenvalue weighted by Gasteiger charge is -2.09. The smallest absolute Gasteiger partial charge is 0.105 e. The van der Waals surface area contributed by atoms with Crippen molar-refractivity contribution in [2.75, 3.05) is 0 Å². The van der Waals surface area contributed by atoms with Crippen LogP contribution >= 0.6 is 0 Å². The van der Waals surface area contributed by atoms with E-state index < -0.39 is 0 Å². The van der Waals surface area contributed by atoms with Crippen molar-refractivity contribution in [2.24, 2.45) is 0 Å². The van der Waals surface area contributed by atoms with Gasteiger partial charge in [-0.2, -0.15) is 0 Å². The second kappa shape index (κ2) is 6.37. The molecule has 0 aliphatic rings. The predicted molar refractivity (Wildman–Crippen MR) is 74.4 cm³/mol. The fraction of sp³-hybridized carbons (Fsp3) is 0.333. The predicted octanol–water partition coefficient (Wildman–Crippen LogP) is 3.45. The number of hydrogen-bond acceptors (Lipinski definition) is 0. The average Bonchev–Trinajstić information content (AvgIpc) is 2.27. The molecule has 0 unspecified atom stereocenters. The molecule has 0 aliphatic heterocycles. The van der Waals surface area contributed by atoms with Crippen molar-refractivity contribution in [1.82, 2.24) is 0 Å². The molecule has 0 nitrogen and oxygen atoms in total. The van der Waals surface area contributed by atoms with Gasteiger partial charge in [0, 0.05) is 0 Å². The Bertz CT molecular complexity index is 377. The molecule has 1 radical (unpaired) electrons. The molecule has 0 spiro atoms. The molecule has 1 aromatic rings. The highest BCUT2D eigenvalue weighted by Gasteiger charge is 2.05. The van der Waals surface area contributed by atoms with Gasteiger partial charge in [0.15, 0.2) is 7.28 Å². The molecule has 0 atom stereocenters. The maximum atomic E-state index is 4.02. The van der Waals surface area contributed by atoms with Crippen LogP contribution in [0.15, 0.2) is 48.5 Å². The molecule has 0 heterocycles. The summed E-state index contributed by atoms with van der Waals surface area (Å²) in [5, 5.41) is 0. The van der Waals surface area contributed by atoms with E-state index in [-0.39, 0.29) is 0 Å². The van der Waals surface area contributed by atoms with Gasteiger partial charge in [-0.25, -0.2) is 0 Å². The zero-order valence-electron chi connectivity index (χ0n) is 10.4. The van der Waals surface area contributed by atoms with Crippen LogP contribution in [0, 0.1) is 0 Å². The van der Waals surface area contributed by atoms with E-state index in [1.54, 1.807) is 0 Å². The summed E-state index contributed by atoms with van der Waals surface area (Å²) in [6.45, 7) is 12.1. The maximum absolute atomic E-state index is 4.02. The average molecular weight is 211 g/mol. The van der Waals surface area contributed by atoms with Gasteiger partial charge >= 0.3 is 0 Å². The molecular formula is C15H20B. The summed E-state index contributed by atoms with van der Waals surface area (Å²) >= 11 is 0. The fourth-order valence-corrected chi connectivity index (χ4v) is 1.58. The van der Waals surface area contributed by atoms with Crippen LogP contribution in [0.2, 0.25) is 0 Å². The second-order valence-corrected chi connectivity index (χ2v) is 4.25. The molecule has 1 rings (SSSR count). The molecule has 1 heteroatoms. The molecule has 16 heavy (non-hydrogen) atoms. The van der Waals surface area contributed by atoms with Crippen molar-refractivity contribution >= 4 is 12.7 Å². The zero-order valence-corrected chi connectivity index (χ0v) is 10.4. The fourth-order valence-electron chi connectivity index (χ4n) is 1.58. The third-order valence-corrected chi connectivity index (χ3v) is 2.73. The Balaban J connectivity index is 2.78. The Hall–Kier alpha value is -1.24. The molecule has 0 aromatic heterocycles. The first-order valence-electron chi connectivity index (χ1n) is 5.92. The van der Waals surface area contributed by atoms with Gasteiger partial charge in [0.25, 0.3) is 0 Å². The van der Waals surface area contributed by atoms with Crippen LogP contribution in [0.3, 0.4) is 0 Å². The summed E-state index contributed by atoms with van der Waals surface area (Å²) in [7, 11) is 2.13. The minimum absolute atomic E-state index is 1.02. The van der Waals surface area contributed by atoms with Gasteiger partial charge in [-0.15, -0.1) is 6.58 Å². The van der Waals surface area contributed by atoms with Gasteiger partial charge < -0.3 is 0 Å². The summed E-state index contributed by atoms with van der Waals surface area (Å²) in [4.78, 5) is 0. The Morgan fingerprint density at radius 3 is 2.56 bits per heavy atom. The summed E-state index contributed by atoms with van der Waals surface area (Å²) in [6, 6.07) is 8.53. The van der Waals surface area contributed by atoms with Crippen molar-refractivity contribution < 1.29 is 0 Å². The number of aryl methyl sites for hydroxylation is 1. The van der Waals surface area contributed by atoms with E-state index in [4.69, 9.17) is 0 Å². The van der Waals surface area contributed by atoms with Gasteiger partial charge in [-0.1, -0.05) is 66.3 Å². The molecule has 0 N–H and O–H groups in total. The van der Waals surface area contributed by atoms with Crippen LogP contribution in [0.5, 0.6) is 0 Å². The lowest BCUT2D eigenvalue weighted by molar-refractivity contribution is 0.798. The Morgan fingerprint density at radius 1 is 1.25 bits per heavy atom. The highest BCUT2D eigenvalue weighted by Crippen LogP contribution is 2.06. The highest BCUT2D eigenvalue weighted by molar-refractivity contribution is 6.62. The number of allylic oxidation sites excluding steroid dienone is 2. The minimum atomic E-state index is 1.02.